The highest BCUT2D eigenvalue weighted by atomic mass is 35.5. The summed E-state index contributed by atoms with van der Waals surface area (Å²) < 4.78 is 40.9. The molecule has 0 amide bonds. The fourth-order valence-electron chi connectivity index (χ4n) is 3.43. The molecule has 0 saturated heterocycles. The highest BCUT2D eigenvalue weighted by Gasteiger charge is 2.31. The molecule has 0 fully saturated rings. The summed E-state index contributed by atoms with van der Waals surface area (Å²) in [6.45, 7) is 3.64. The molecule has 1 N–H and O–H groups in total. The molecule has 2 aromatic rings. The molecule has 1 aliphatic heterocycles. The number of fused-ring (bicyclic) bond motifs is 1. The molecule has 0 radical (unpaired) electrons. The van der Waals surface area contributed by atoms with E-state index in [0.29, 0.717) is 18.0 Å². The number of nitrogens with one attached hydrogen (secondary N) is 1. The van der Waals surface area contributed by atoms with E-state index in [9.17, 15) is 13.2 Å². The van der Waals surface area contributed by atoms with Crippen LogP contribution in [0.1, 0.15) is 48.2 Å². The van der Waals surface area contributed by atoms with Crippen molar-refractivity contribution in [2.45, 2.75) is 51.4 Å². The number of aromatic nitrogens is 2. The predicted molar refractivity (Wildman–Crippen MR) is 91.7 cm³/mol. The zero-order valence-corrected chi connectivity index (χ0v) is 14.8. The van der Waals surface area contributed by atoms with Gasteiger partial charge in [-0.3, -0.25) is 0 Å². The van der Waals surface area contributed by atoms with Gasteiger partial charge in [0.05, 0.1) is 23.6 Å². The maximum absolute atomic E-state index is 13.0. The van der Waals surface area contributed by atoms with Gasteiger partial charge < -0.3 is 9.88 Å². The predicted octanol–water partition coefficient (Wildman–Crippen LogP) is 4.78. The normalized spacial score (nSPS) is 17.6. The molecule has 3 nitrogen and oxygen atoms in total. The Labute approximate surface area is 150 Å². The molecule has 7 heteroatoms. The third kappa shape index (κ3) is 4.01. The molecule has 1 aromatic carbocycles. The Morgan fingerprint density at radius 3 is 2.80 bits per heavy atom. The van der Waals surface area contributed by atoms with Crippen molar-refractivity contribution in [3.8, 4) is 0 Å². The molecule has 0 spiro atoms. The first-order valence-electron chi connectivity index (χ1n) is 8.53. The average Bonchev–Trinajstić information content (AvgIpc) is 2.95. The number of alkyl halides is 3. The summed E-state index contributed by atoms with van der Waals surface area (Å²) in [5.74, 6) is 0. The van der Waals surface area contributed by atoms with E-state index < -0.39 is 11.7 Å². The fourth-order valence-corrected chi connectivity index (χ4v) is 3.72. The third-order valence-corrected chi connectivity index (χ3v) is 4.95. The lowest BCUT2D eigenvalue weighted by Gasteiger charge is -2.26. The van der Waals surface area contributed by atoms with Gasteiger partial charge in [0.25, 0.3) is 0 Å². The molecule has 1 unspecified atom stereocenters. The smallest absolute Gasteiger partial charge is 0.331 e. The summed E-state index contributed by atoms with van der Waals surface area (Å²) in [7, 11) is 0. The van der Waals surface area contributed by atoms with Crippen molar-refractivity contribution in [1.82, 2.24) is 14.9 Å². The molecule has 0 saturated carbocycles. The van der Waals surface area contributed by atoms with E-state index in [1.807, 2.05) is 11.5 Å². The number of halogens is 4. The van der Waals surface area contributed by atoms with E-state index in [1.54, 1.807) is 12.4 Å². The second kappa shape index (κ2) is 7.38. The first-order valence-corrected chi connectivity index (χ1v) is 8.91. The number of benzene rings is 1. The van der Waals surface area contributed by atoms with Gasteiger partial charge in [-0.2, -0.15) is 13.2 Å². The summed E-state index contributed by atoms with van der Waals surface area (Å²) in [5.41, 5.74) is 2.16. The minimum atomic E-state index is -4.30. The lowest BCUT2D eigenvalue weighted by molar-refractivity contribution is -0.137. The minimum Gasteiger partial charge on any atom is -0.331 e. The second-order valence-electron chi connectivity index (χ2n) is 6.39. The molecule has 0 aliphatic carbocycles. The van der Waals surface area contributed by atoms with Crippen molar-refractivity contribution in [1.29, 1.82) is 0 Å². The van der Waals surface area contributed by atoms with E-state index in [1.165, 1.54) is 12.1 Å². The zero-order chi connectivity index (χ0) is 18.0. The fraction of sp³-hybridized carbons (Fsp3) is 0.500. The number of nitrogens with zero attached hydrogens (tertiary/aromatic N) is 2. The summed E-state index contributed by atoms with van der Waals surface area (Å²) in [6.07, 6.45) is 0.378. The van der Waals surface area contributed by atoms with E-state index >= 15 is 0 Å². The molecule has 3 rings (SSSR count). The summed E-state index contributed by atoms with van der Waals surface area (Å²) in [6, 6.07) is 4.17. The van der Waals surface area contributed by atoms with E-state index in [4.69, 9.17) is 11.6 Å². The molecule has 136 valence electrons. The van der Waals surface area contributed by atoms with Crippen LogP contribution >= 0.6 is 11.6 Å². The van der Waals surface area contributed by atoms with Crippen LogP contribution in [0.15, 0.2) is 24.5 Å². The Balaban J connectivity index is 1.78. The first kappa shape index (κ1) is 18.3. The molecule has 25 heavy (non-hydrogen) atoms. The van der Waals surface area contributed by atoms with Crippen LogP contribution < -0.4 is 5.32 Å². The third-order valence-electron chi connectivity index (χ3n) is 4.66. The molecule has 1 aromatic heterocycles. The van der Waals surface area contributed by atoms with Crippen molar-refractivity contribution < 1.29 is 13.2 Å². The van der Waals surface area contributed by atoms with Crippen LogP contribution in [0.25, 0.3) is 0 Å². The summed E-state index contributed by atoms with van der Waals surface area (Å²) in [4.78, 5) is 4.15. The Bertz CT molecular complexity index is 740. The van der Waals surface area contributed by atoms with E-state index in [0.717, 1.165) is 42.8 Å². The van der Waals surface area contributed by atoms with Crippen LogP contribution in [0, 0.1) is 0 Å². The Kier molecular flexibility index (Phi) is 5.39. The van der Waals surface area contributed by atoms with E-state index in [-0.39, 0.29) is 6.04 Å². The molecular formula is C18H21ClF3N3. The monoisotopic (exact) mass is 371 g/mol. The Morgan fingerprint density at radius 1 is 1.28 bits per heavy atom. The van der Waals surface area contributed by atoms with Gasteiger partial charge in [-0.25, -0.2) is 4.98 Å². The lowest BCUT2D eigenvalue weighted by Crippen LogP contribution is -2.33. The molecule has 1 aliphatic rings. The Morgan fingerprint density at radius 2 is 2.08 bits per heavy atom. The maximum Gasteiger partial charge on any atom is 0.416 e. The van der Waals surface area contributed by atoms with Crippen LogP contribution in [0.2, 0.25) is 5.15 Å². The largest absolute Gasteiger partial charge is 0.416 e. The van der Waals surface area contributed by atoms with Crippen LogP contribution in [-0.4, -0.2) is 16.1 Å². The van der Waals surface area contributed by atoms with Gasteiger partial charge in [0.2, 0.25) is 0 Å². The average molecular weight is 372 g/mol. The summed E-state index contributed by atoms with van der Waals surface area (Å²) >= 11 is 6.19. The van der Waals surface area contributed by atoms with Crippen molar-refractivity contribution in [3.63, 3.8) is 0 Å². The molecule has 0 bridgehead atoms. The molecule has 2 heterocycles. The summed E-state index contributed by atoms with van der Waals surface area (Å²) in [5, 5.41) is 3.93. The number of aryl methyl sites for hydroxylation is 2. The first-order chi connectivity index (χ1) is 11.9. The topological polar surface area (TPSA) is 29.9 Å². The van der Waals surface area contributed by atoms with Gasteiger partial charge in [-0.1, -0.05) is 31.0 Å². The zero-order valence-electron chi connectivity index (χ0n) is 14.0. The second-order valence-corrected chi connectivity index (χ2v) is 6.75. The SMILES string of the molecule is CCCc1cc(C(F)(F)F)ccc1CCC1NCCn2cnc(Cl)c21. The van der Waals surface area contributed by atoms with Gasteiger partial charge in [0, 0.05) is 13.1 Å². The highest BCUT2D eigenvalue weighted by Crippen LogP contribution is 2.32. The van der Waals surface area contributed by atoms with Crippen molar-refractivity contribution in [2.75, 3.05) is 6.54 Å². The van der Waals surface area contributed by atoms with Crippen LogP contribution in [0.4, 0.5) is 13.2 Å². The van der Waals surface area contributed by atoms with Crippen LogP contribution in [-0.2, 0) is 25.6 Å². The van der Waals surface area contributed by atoms with Gasteiger partial charge in [-0.05, 0) is 42.5 Å². The molecule has 1 atom stereocenters. The highest BCUT2D eigenvalue weighted by molar-refractivity contribution is 6.30. The van der Waals surface area contributed by atoms with E-state index in [2.05, 4.69) is 10.3 Å². The number of rotatable bonds is 5. The van der Waals surface area contributed by atoms with Gasteiger partial charge in [0.1, 0.15) is 0 Å². The maximum atomic E-state index is 13.0. The van der Waals surface area contributed by atoms with Gasteiger partial charge in [-0.15, -0.1) is 0 Å². The minimum absolute atomic E-state index is 0.0699. The standard InChI is InChI=1S/C18H21ClF3N3/c1-2-3-13-10-14(18(20,21)22)6-4-12(13)5-7-15-16-17(19)24-11-25(16)9-8-23-15/h4,6,10-11,15,23H,2-3,5,7-9H2,1H3. The number of hydrogen-bond donors (Lipinski definition) is 1. The van der Waals surface area contributed by atoms with Gasteiger partial charge >= 0.3 is 6.18 Å². The lowest BCUT2D eigenvalue weighted by atomic mass is 9.94. The number of imidazole rings is 1. The van der Waals surface area contributed by atoms with Crippen LogP contribution in [0.5, 0.6) is 0 Å². The number of hydrogen-bond acceptors (Lipinski definition) is 2. The van der Waals surface area contributed by atoms with Crippen molar-refractivity contribution in [2.24, 2.45) is 0 Å². The van der Waals surface area contributed by atoms with Gasteiger partial charge in [0.15, 0.2) is 5.15 Å². The Hall–Kier alpha value is -1.53. The van der Waals surface area contributed by atoms with Crippen molar-refractivity contribution in [3.05, 3.63) is 52.1 Å². The van der Waals surface area contributed by atoms with Crippen LogP contribution in [0.3, 0.4) is 0 Å². The van der Waals surface area contributed by atoms with Crippen molar-refractivity contribution >= 4 is 11.6 Å². The molecular weight excluding hydrogens is 351 g/mol. The quantitative estimate of drug-likeness (QED) is 0.819.